The zero-order valence-corrected chi connectivity index (χ0v) is 9.83. The van der Waals surface area contributed by atoms with Crippen molar-refractivity contribution in [2.24, 2.45) is 5.41 Å². The molecule has 0 spiro atoms. The molecule has 0 heterocycles. The van der Waals surface area contributed by atoms with E-state index >= 15 is 0 Å². The summed E-state index contributed by atoms with van der Waals surface area (Å²) >= 11 is 0. The van der Waals surface area contributed by atoms with Crippen LogP contribution in [0.5, 0.6) is 0 Å². The van der Waals surface area contributed by atoms with Crippen molar-refractivity contribution in [1.82, 2.24) is 0 Å². The van der Waals surface area contributed by atoms with Crippen molar-refractivity contribution in [3.05, 3.63) is 12.8 Å². The van der Waals surface area contributed by atoms with Gasteiger partial charge in [-0.1, -0.05) is 34.1 Å². The fraction of sp³-hybridized carbons (Fsp3) is 0.750. The molecule has 9 heavy (non-hydrogen) atoms. The SMILES string of the molecule is [CH2-]C(C)(C)C[C](C)C.[Y]. The largest absolute Gasteiger partial charge is 0.338 e. The van der Waals surface area contributed by atoms with Gasteiger partial charge in [-0.05, 0) is 5.92 Å². The summed E-state index contributed by atoms with van der Waals surface area (Å²) in [7, 11) is 0. The molecule has 0 aromatic carbocycles. The monoisotopic (exact) mass is 201 g/mol. The van der Waals surface area contributed by atoms with Gasteiger partial charge in [-0.2, -0.15) is 5.41 Å². The second-order valence-electron chi connectivity index (χ2n) is 3.55. The molecule has 0 saturated heterocycles. The van der Waals surface area contributed by atoms with Crippen LogP contribution in [0.1, 0.15) is 34.1 Å². The third-order valence-electron chi connectivity index (χ3n) is 0.832. The van der Waals surface area contributed by atoms with Crippen LogP contribution in [0.25, 0.3) is 0 Å². The summed E-state index contributed by atoms with van der Waals surface area (Å²) in [6.07, 6.45) is 1.13. The van der Waals surface area contributed by atoms with Crippen LogP contribution in [0, 0.1) is 18.3 Å². The first kappa shape index (κ1) is 12.8. The molecular weight excluding hydrogens is 185 g/mol. The minimum atomic E-state index is 0. The molecule has 0 bridgehead atoms. The zero-order valence-electron chi connectivity index (χ0n) is 6.99. The first-order valence-corrected chi connectivity index (χ1v) is 3.06. The third-order valence-corrected chi connectivity index (χ3v) is 0.832. The van der Waals surface area contributed by atoms with Crippen LogP contribution in [0.15, 0.2) is 0 Å². The topological polar surface area (TPSA) is 0 Å². The minimum absolute atomic E-state index is 0. The van der Waals surface area contributed by atoms with E-state index in [0.717, 1.165) is 6.42 Å². The predicted octanol–water partition coefficient (Wildman–Crippen LogP) is 2.85. The molecule has 0 rings (SSSR count). The molecule has 0 aliphatic heterocycles. The molecule has 0 aromatic heterocycles. The number of hydrogen-bond acceptors (Lipinski definition) is 0. The van der Waals surface area contributed by atoms with Gasteiger partial charge in [-0.15, -0.1) is 0 Å². The Kier molecular flexibility index (Phi) is 6.87. The Labute approximate surface area is 84.7 Å². The maximum atomic E-state index is 3.99. The van der Waals surface area contributed by atoms with Crippen LogP contribution < -0.4 is 0 Å². The molecule has 0 fully saturated rings. The van der Waals surface area contributed by atoms with E-state index in [-0.39, 0.29) is 38.1 Å². The first-order chi connectivity index (χ1) is 3.42. The van der Waals surface area contributed by atoms with E-state index in [4.69, 9.17) is 0 Å². The maximum absolute atomic E-state index is 3.99. The molecule has 1 heteroatoms. The Morgan fingerprint density at radius 2 is 1.67 bits per heavy atom. The summed E-state index contributed by atoms with van der Waals surface area (Å²) in [6.45, 7) is 12.6. The van der Waals surface area contributed by atoms with E-state index in [9.17, 15) is 0 Å². The van der Waals surface area contributed by atoms with Gasteiger partial charge in [0.1, 0.15) is 0 Å². The fourth-order valence-corrected chi connectivity index (χ4v) is 0.957. The van der Waals surface area contributed by atoms with Crippen molar-refractivity contribution in [1.29, 1.82) is 0 Å². The van der Waals surface area contributed by atoms with Gasteiger partial charge < -0.3 is 6.92 Å². The minimum Gasteiger partial charge on any atom is -0.338 e. The molecule has 0 unspecified atom stereocenters. The Morgan fingerprint density at radius 3 is 1.67 bits per heavy atom. The third kappa shape index (κ3) is 12.3. The summed E-state index contributed by atoms with van der Waals surface area (Å²) in [5, 5.41) is 0. The number of hydrogen-bond donors (Lipinski definition) is 0. The number of rotatable bonds is 2. The van der Waals surface area contributed by atoms with E-state index < -0.39 is 0 Å². The zero-order chi connectivity index (χ0) is 6.78. The van der Waals surface area contributed by atoms with Crippen LogP contribution in [-0.2, 0) is 32.7 Å². The molecule has 2 radical (unpaired) electrons. The van der Waals surface area contributed by atoms with E-state index in [2.05, 4.69) is 34.6 Å². The van der Waals surface area contributed by atoms with Gasteiger partial charge in [0.15, 0.2) is 0 Å². The van der Waals surface area contributed by atoms with Gasteiger partial charge in [-0.25, -0.2) is 0 Å². The molecule has 0 atom stereocenters. The van der Waals surface area contributed by atoms with Gasteiger partial charge in [0.2, 0.25) is 0 Å². The molecule has 0 nitrogen and oxygen atoms in total. The molecule has 0 aliphatic rings. The van der Waals surface area contributed by atoms with Crippen LogP contribution >= 0.6 is 0 Å². The summed E-state index contributed by atoms with van der Waals surface area (Å²) < 4.78 is 0. The molecule has 52 valence electrons. The normalized spacial score (nSPS) is 11.3. The van der Waals surface area contributed by atoms with E-state index in [1.807, 2.05) is 0 Å². The van der Waals surface area contributed by atoms with Crippen molar-refractivity contribution < 1.29 is 32.7 Å². The first-order valence-electron chi connectivity index (χ1n) is 3.06. The van der Waals surface area contributed by atoms with Crippen molar-refractivity contribution >= 4 is 0 Å². The quantitative estimate of drug-likeness (QED) is 0.602. The Morgan fingerprint density at radius 1 is 1.33 bits per heavy atom. The average Bonchev–Trinajstić information content (AvgIpc) is 1.21. The molecular formula is C8H16Y-. The van der Waals surface area contributed by atoms with Gasteiger partial charge >= 0.3 is 0 Å². The fourth-order valence-electron chi connectivity index (χ4n) is 0.957. The van der Waals surface area contributed by atoms with E-state index in [1.54, 1.807) is 0 Å². The van der Waals surface area contributed by atoms with Crippen LogP contribution in [0.4, 0.5) is 0 Å². The van der Waals surface area contributed by atoms with Crippen molar-refractivity contribution in [3.63, 3.8) is 0 Å². The average molecular weight is 201 g/mol. The van der Waals surface area contributed by atoms with Crippen molar-refractivity contribution in [2.75, 3.05) is 0 Å². The molecule has 0 aromatic rings. The molecule has 0 aliphatic carbocycles. The Balaban J connectivity index is 0. The smallest absolute Gasteiger partial charge is 0 e. The molecule has 0 saturated carbocycles. The van der Waals surface area contributed by atoms with Crippen LogP contribution in [0.2, 0.25) is 0 Å². The predicted molar refractivity (Wildman–Crippen MR) is 38.3 cm³/mol. The Hall–Kier alpha value is 1.10. The van der Waals surface area contributed by atoms with Gasteiger partial charge in [0.05, 0.1) is 0 Å². The second kappa shape index (κ2) is 4.85. The second-order valence-corrected chi connectivity index (χ2v) is 3.55. The van der Waals surface area contributed by atoms with Crippen molar-refractivity contribution in [2.45, 2.75) is 34.1 Å². The summed E-state index contributed by atoms with van der Waals surface area (Å²) in [5.41, 5.74) is 0.235. The summed E-state index contributed by atoms with van der Waals surface area (Å²) in [5.74, 6) is 1.46. The summed E-state index contributed by atoms with van der Waals surface area (Å²) in [6, 6.07) is 0. The molecule has 0 N–H and O–H groups in total. The van der Waals surface area contributed by atoms with Crippen LogP contribution in [0.3, 0.4) is 0 Å². The van der Waals surface area contributed by atoms with Gasteiger partial charge in [0.25, 0.3) is 0 Å². The standard InChI is InChI=1S/C8H16.Y/c1-7(2)6-8(3,4)5;/h3,6H2,1-2,4-5H3;/q-1;. The maximum Gasteiger partial charge on any atom is 0 e. The van der Waals surface area contributed by atoms with E-state index in [0.29, 0.717) is 0 Å². The van der Waals surface area contributed by atoms with E-state index in [1.165, 1.54) is 5.92 Å². The van der Waals surface area contributed by atoms with Gasteiger partial charge in [-0.3, -0.25) is 0 Å². The Bertz CT molecular complexity index is 59.5. The summed E-state index contributed by atoms with van der Waals surface area (Å²) in [4.78, 5) is 0. The molecule has 0 amide bonds. The van der Waals surface area contributed by atoms with Gasteiger partial charge in [0, 0.05) is 32.7 Å². The van der Waals surface area contributed by atoms with Crippen LogP contribution in [-0.4, -0.2) is 0 Å². The van der Waals surface area contributed by atoms with Crippen molar-refractivity contribution in [3.8, 4) is 0 Å².